The molecule has 154 valence electrons. The molecule has 1 N–H and O–H groups in total. The number of ether oxygens (including phenoxy) is 1. The molecule has 2 aromatic rings. The van der Waals surface area contributed by atoms with Crippen LogP contribution in [0.3, 0.4) is 0 Å². The van der Waals surface area contributed by atoms with E-state index in [4.69, 9.17) is 4.74 Å². The third-order valence-corrected chi connectivity index (χ3v) is 4.34. The molecule has 2 aromatic heterocycles. The molecular weight excluding hydrogens is 391 g/mol. The number of rotatable bonds is 4. The number of alkyl halides is 3. The van der Waals surface area contributed by atoms with Crippen LogP contribution in [0.1, 0.15) is 11.3 Å². The number of likely N-dealkylation sites (N-methyl/N-ethyl adjacent to an activating group) is 1. The smallest absolute Gasteiger partial charge is 0.416 e. The first kappa shape index (κ1) is 20.4. The molecule has 1 aliphatic rings. The zero-order valence-electron chi connectivity index (χ0n) is 15.8. The van der Waals surface area contributed by atoms with Crippen molar-refractivity contribution in [3.8, 4) is 0 Å². The van der Waals surface area contributed by atoms with Crippen LogP contribution in [0.25, 0.3) is 0 Å². The minimum atomic E-state index is -4.63. The van der Waals surface area contributed by atoms with Crippen LogP contribution in [0.2, 0.25) is 0 Å². The fourth-order valence-corrected chi connectivity index (χ4v) is 2.88. The van der Waals surface area contributed by atoms with Gasteiger partial charge in [0.15, 0.2) is 6.04 Å². The molecule has 0 spiro atoms. The Morgan fingerprint density at radius 1 is 1.31 bits per heavy atom. The fourth-order valence-electron chi connectivity index (χ4n) is 2.88. The van der Waals surface area contributed by atoms with Gasteiger partial charge in [-0.15, -0.1) is 0 Å². The maximum atomic E-state index is 13.2. The number of hydrogen-bond acceptors (Lipinski definition) is 6. The molecule has 1 unspecified atom stereocenters. The average molecular weight is 409 g/mol. The molecule has 0 aliphatic carbocycles. The molecule has 0 aromatic carbocycles. The molecule has 1 saturated heterocycles. The highest BCUT2D eigenvalue weighted by atomic mass is 19.4. The average Bonchev–Trinajstić information content (AvgIpc) is 3.07. The number of aromatic nitrogens is 2. The number of carbonyl (C=O) groups is 2. The Kier molecular flexibility index (Phi) is 5.31. The number of nitrogens with zero attached hydrogens (tertiary/aromatic N) is 4. The summed E-state index contributed by atoms with van der Waals surface area (Å²) in [6.45, 7) is 1.06. The van der Waals surface area contributed by atoms with Crippen molar-refractivity contribution < 1.29 is 27.5 Å². The Morgan fingerprint density at radius 2 is 2.03 bits per heavy atom. The Morgan fingerprint density at radius 3 is 2.69 bits per heavy atom. The van der Waals surface area contributed by atoms with Crippen molar-refractivity contribution in [1.82, 2.24) is 9.97 Å². The second-order valence-electron chi connectivity index (χ2n) is 6.34. The van der Waals surface area contributed by atoms with Gasteiger partial charge in [-0.05, 0) is 31.2 Å². The van der Waals surface area contributed by atoms with E-state index in [1.165, 1.54) is 18.9 Å². The Bertz CT molecular complexity index is 951. The third kappa shape index (κ3) is 4.08. The van der Waals surface area contributed by atoms with Crippen LogP contribution in [-0.2, 0) is 15.7 Å². The summed E-state index contributed by atoms with van der Waals surface area (Å²) in [7, 11) is 3.12. The van der Waals surface area contributed by atoms with E-state index in [1.54, 1.807) is 25.2 Å². The number of hydrogen-bond donors (Lipinski definition) is 1. The highest BCUT2D eigenvalue weighted by molar-refractivity contribution is 6.05. The van der Waals surface area contributed by atoms with E-state index in [0.717, 1.165) is 17.0 Å². The van der Waals surface area contributed by atoms with Crippen molar-refractivity contribution in [2.24, 2.45) is 0 Å². The van der Waals surface area contributed by atoms with Crippen LogP contribution < -0.4 is 15.1 Å². The Hall–Kier alpha value is -3.37. The van der Waals surface area contributed by atoms with Crippen LogP contribution in [0.4, 0.5) is 35.4 Å². The van der Waals surface area contributed by atoms with E-state index in [1.807, 2.05) is 0 Å². The molecule has 29 heavy (non-hydrogen) atoms. The summed E-state index contributed by atoms with van der Waals surface area (Å²) in [6.07, 6.45) is -5.57. The zero-order chi connectivity index (χ0) is 21.3. The van der Waals surface area contributed by atoms with Crippen LogP contribution >= 0.6 is 0 Å². The van der Waals surface area contributed by atoms with Gasteiger partial charge in [0.05, 0.1) is 5.56 Å². The van der Waals surface area contributed by atoms with Gasteiger partial charge < -0.3 is 10.1 Å². The predicted octanol–water partition coefficient (Wildman–Crippen LogP) is 2.83. The number of halogens is 3. The molecule has 11 heteroatoms. The van der Waals surface area contributed by atoms with Gasteiger partial charge in [-0.25, -0.2) is 19.7 Å². The highest BCUT2D eigenvalue weighted by Crippen LogP contribution is 2.33. The van der Waals surface area contributed by atoms with Gasteiger partial charge in [-0.1, -0.05) is 6.07 Å². The van der Waals surface area contributed by atoms with E-state index < -0.39 is 29.8 Å². The minimum Gasteiger partial charge on any atom is -0.446 e. The van der Waals surface area contributed by atoms with Gasteiger partial charge in [-0.2, -0.15) is 13.2 Å². The normalized spacial score (nSPS) is 16.6. The second-order valence-corrected chi connectivity index (χ2v) is 6.34. The number of cyclic esters (lactones) is 1. The quantitative estimate of drug-likeness (QED) is 0.836. The SMILES string of the molecule is CNc1cccc(N(C)C(=O)C2COC(=O)N2c2cc(C(F)(F)F)cc(C)n2)n1. The maximum Gasteiger partial charge on any atom is 0.416 e. The molecule has 2 amide bonds. The van der Waals surface area contributed by atoms with Gasteiger partial charge in [0.2, 0.25) is 0 Å². The van der Waals surface area contributed by atoms with Crippen LogP contribution in [-0.4, -0.2) is 48.7 Å². The van der Waals surface area contributed by atoms with E-state index in [-0.39, 0.29) is 18.1 Å². The Labute approximate surface area is 164 Å². The van der Waals surface area contributed by atoms with Crippen molar-refractivity contribution in [3.05, 3.63) is 41.6 Å². The number of amides is 2. The van der Waals surface area contributed by atoms with Crippen LogP contribution in [0.5, 0.6) is 0 Å². The van der Waals surface area contributed by atoms with Crippen molar-refractivity contribution in [1.29, 1.82) is 0 Å². The number of anilines is 3. The van der Waals surface area contributed by atoms with Crippen molar-refractivity contribution in [2.45, 2.75) is 19.1 Å². The highest BCUT2D eigenvalue weighted by Gasteiger charge is 2.43. The Balaban J connectivity index is 1.94. The number of nitrogens with one attached hydrogen (secondary N) is 1. The summed E-state index contributed by atoms with van der Waals surface area (Å²) in [4.78, 5) is 35.5. The lowest BCUT2D eigenvalue weighted by molar-refractivity contribution is -0.137. The molecule has 1 aliphatic heterocycles. The van der Waals surface area contributed by atoms with Gasteiger partial charge in [-0.3, -0.25) is 9.69 Å². The largest absolute Gasteiger partial charge is 0.446 e. The summed E-state index contributed by atoms with van der Waals surface area (Å²) in [6, 6.07) is 5.38. The predicted molar refractivity (Wildman–Crippen MR) is 98.8 cm³/mol. The lowest BCUT2D eigenvalue weighted by Gasteiger charge is -2.25. The topological polar surface area (TPSA) is 87.7 Å². The lowest BCUT2D eigenvalue weighted by Crippen LogP contribution is -2.47. The summed E-state index contributed by atoms with van der Waals surface area (Å²) in [5, 5.41) is 2.84. The van der Waals surface area contributed by atoms with Crippen molar-refractivity contribution in [3.63, 3.8) is 0 Å². The van der Waals surface area contributed by atoms with Gasteiger partial charge >= 0.3 is 12.3 Å². The molecule has 0 saturated carbocycles. The van der Waals surface area contributed by atoms with Crippen LogP contribution in [0.15, 0.2) is 30.3 Å². The van der Waals surface area contributed by atoms with E-state index >= 15 is 0 Å². The molecule has 0 radical (unpaired) electrons. The third-order valence-electron chi connectivity index (χ3n) is 4.34. The molecule has 1 fully saturated rings. The molecule has 3 rings (SSSR count). The molecule has 1 atom stereocenters. The zero-order valence-corrected chi connectivity index (χ0v) is 15.8. The first-order valence-electron chi connectivity index (χ1n) is 8.56. The van der Waals surface area contributed by atoms with Gasteiger partial charge in [0, 0.05) is 19.8 Å². The first-order chi connectivity index (χ1) is 13.6. The number of carbonyl (C=O) groups excluding carboxylic acids is 2. The first-order valence-corrected chi connectivity index (χ1v) is 8.56. The van der Waals surface area contributed by atoms with E-state index in [0.29, 0.717) is 11.6 Å². The van der Waals surface area contributed by atoms with Gasteiger partial charge in [0.1, 0.15) is 24.1 Å². The van der Waals surface area contributed by atoms with Crippen molar-refractivity contribution >= 4 is 29.5 Å². The fraction of sp³-hybridized carbons (Fsp3) is 0.333. The minimum absolute atomic E-state index is 0.0532. The summed E-state index contributed by atoms with van der Waals surface area (Å²) >= 11 is 0. The summed E-state index contributed by atoms with van der Waals surface area (Å²) in [5.74, 6) is -0.0563. The van der Waals surface area contributed by atoms with E-state index in [9.17, 15) is 22.8 Å². The molecule has 3 heterocycles. The monoisotopic (exact) mass is 409 g/mol. The standard InChI is InChI=1S/C18H18F3N5O3/c1-10-7-11(18(19,20)21)8-15(23-10)26-12(9-29-17(26)28)16(27)25(3)14-6-4-5-13(22-2)24-14/h4-8,12H,9H2,1-3H3,(H,22,24). The molecular formula is C18H18F3N5O3. The van der Waals surface area contributed by atoms with Crippen molar-refractivity contribution in [2.75, 3.05) is 35.8 Å². The lowest BCUT2D eigenvalue weighted by atomic mass is 10.2. The molecule has 0 bridgehead atoms. The summed E-state index contributed by atoms with van der Waals surface area (Å²) < 4.78 is 44.4. The second kappa shape index (κ2) is 7.57. The van der Waals surface area contributed by atoms with E-state index in [2.05, 4.69) is 15.3 Å². The van der Waals surface area contributed by atoms with Crippen LogP contribution in [0, 0.1) is 6.92 Å². The maximum absolute atomic E-state index is 13.2. The number of aryl methyl sites for hydroxylation is 1. The van der Waals surface area contributed by atoms with Gasteiger partial charge in [0.25, 0.3) is 5.91 Å². The molecule has 8 nitrogen and oxygen atoms in total. The summed E-state index contributed by atoms with van der Waals surface area (Å²) in [5.41, 5.74) is -0.917. The number of pyridine rings is 2.